The van der Waals surface area contributed by atoms with Crippen LogP contribution in [0.2, 0.25) is 0 Å². The number of hydrogen-bond acceptors (Lipinski definition) is 10. The van der Waals surface area contributed by atoms with E-state index in [9.17, 15) is 5.11 Å². The summed E-state index contributed by atoms with van der Waals surface area (Å²) in [6.45, 7) is 0. The molecule has 0 atom stereocenters. The predicted octanol–water partition coefficient (Wildman–Crippen LogP) is 8.54. The average molecular weight is 498 g/mol. The molecule has 0 aromatic heterocycles. The van der Waals surface area contributed by atoms with Gasteiger partial charge in [-0.1, -0.05) is 53.6 Å². The molecule has 0 bridgehead atoms. The van der Waals surface area contributed by atoms with Crippen LogP contribution in [0, 0.1) is 0 Å². The first-order chi connectivity index (χ1) is 17.6. The van der Waals surface area contributed by atoms with Crippen LogP contribution in [0.3, 0.4) is 0 Å². The summed E-state index contributed by atoms with van der Waals surface area (Å²) in [5.41, 5.74) is 8.27. The second kappa shape index (κ2) is 10.5. The van der Waals surface area contributed by atoms with Gasteiger partial charge in [-0.3, -0.25) is 0 Å². The van der Waals surface area contributed by atoms with Gasteiger partial charge in [0.1, 0.15) is 11.4 Å². The maximum atomic E-state index is 11.1. The minimum atomic E-state index is -0.169. The highest BCUT2D eigenvalue weighted by molar-refractivity contribution is 7.94. The van der Waals surface area contributed by atoms with Crippen LogP contribution in [0.5, 0.6) is 5.75 Å². The number of hydrogen-bond donors (Lipinski definition) is 3. The van der Waals surface area contributed by atoms with Crippen molar-refractivity contribution in [3.63, 3.8) is 0 Å². The van der Waals surface area contributed by atoms with Crippen LogP contribution in [0.1, 0.15) is 0 Å². The maximum Gasteiger partial charge on any atom is 0.152 e. The lowest BCUT2D eigenvalue weighted by Gasteiger charge is -2.11. The number of anilines is 1. The van der Waals surface area contributed by atoms with E-state index < -0.39 is 0 Å². The van der Waals surface area contributed by atoms with Crippen molar-refractivity contribution in [1.29, 1.82) is 0 Å². The van der Waals surface area contributed by atoms with Crippen LogP contribution >= 0.6 is 12.0 Å². The SMILES string of the molecule is Nc1ccc2c(O)c(N=Nc3ccc4ccccc4c3)c(SOOO)cc2c1N=Nc1ccccc1. The van der Waals surface area contributed by atoms with E-state index in [1.165, 1.54) is 0 Å². The molecule has 0 radical (unpaired) electrons. The molecule has 0 heterocycles. The van der Waals surface area contributed by atoms with E-state index in [4.69, 9.17) is 11.0 Å². The van der Waals surface area contributed by atoms with Gasteiger partial charge in [0.2, 0.25) is 0 Å². The van der Waals surface area contributed by atoms with Gasteiger partial charge in [0.05, 0.1) is 34.0 Å². The predicted molar refractivity (Wildman–Crippen MR) is 139 cm³/mol. The Morgan fingerprint density at radius 1 is 0.667 bits per heavy atom. The summed E-state index contributed by atoms with van der Waals surface area (Å²) in [5.74, 6) is -0.169. The highest BCUT2D eigenvalue weighted by Gasteiger charge is 2.18. The Balaban J connectivity index is 1.61. The number of nitrogens with zero attached hydrogens (tertiary/aromatic N) is 4. The molecule has 9 nitrogen and oxygen atoms in total. The molecule has 36 heavy (non-hydrogen) atoms. The Bertz CT molecular complexity index is 1610. The molecule has 0 amide bonds. The van der Waals surface area contributed by atoms with E-state index in [1.807, 2.05) is 60.7 Å². The zero-order valence-corrected chi connectivity index (χ0v) is 19.5. The van der Waals surface area contributed by atoms with E-state index in [0.717, 1.165) is 10.8 Å². The molecule has 178 valence electrons. The second-order valence-corrected chi connectivity index (χ2v) is 8.41. The maximum absolute atomic E-state index is 11.1. The topological polar surface area (TPSA) is 134 Å². The normalized spacial score (nSPS) is 11.8. The van der Waals surface area contributed by atoms with Crippen molar-refractivity contribution >= 4 is 62.0 Å². The van der Waals surface area contributed by atoms with Crippen LogP contribution in [0.4, 0.5) is 28.4 Å². The van der Waals surface area contributed by atoms with E-state index >= 15 is 0 Å². The van der Waals surface area contributed by atoms with Gasteiger partial charge in [0, 0.05) is 10.8 Å². The van der Waals surface area contributed by atoms with Crippen LogP contribution < -0.4 is 5.73 Å². The number of aromatic hydroxyl groups is 1. The molecule has 0 aliphatic heterocycles. The highest BCUT2D eigenvalue weighted by atomic mass is 32.2. The first-order valence-electron chi connectivity index (χ1n) is 10.7. The molecule has 0 fully saturated rings. The van der Waals surface area contributed by atoms with Crippen LogP contribution in [0.25, 0.3) is 21.5 Å². The molecule has 0 unspecified atom stereocenters. The van der Waals surface area contributed by atoms with E-state index in [1.54, 1.807) is 30.3 Å². The Morgan fingerprint density at radius 2 is 1.39 bits per heavy atom. The lowest BCUT2D eigenvalue weighted by Crippen LogP contribution is -1.89. The lowest BCUT2D eigenvalue weighted by atomic mass is 10.1. The fraction of sp³-hybridized carbons (Fsp3) is 0. The lowest BCUT2D eigenvalue weighted by molar-refractivity contribution is -0.432. The molecular formula is C26H19N5O4S. The molecule has 0 aliphatic carbocycles. The zero-order valence-electron chi connectivity index (χ0n) is 18.6. The highest BCUT2D eigenvalue weighted by Crippen LogP contribution is 2.47. The molecule has 0 saturated heterocycles. The molecule has 4 N–H and O–H groups in total. The summed E-state index contributed by atoms with van der Waals surface area (Å²) in [6.07, 6.45) is 0. The number of nitrogens with two attached hydrogens (primary N) is 1. The number of rotatable bonds is 7. The van der Waals surface area contributed by atoms with Crippen LogP contribution in [0.15, 0.2) is 116 Å². The molecule has 10 heteroatoms. The molecule has 0 saturated carbocycles. The number of fused-ring (bicyclic) bond motifs is 2. The Labute approximate surface area is 209 Å². The summed E-state index contributed by atoms with van der Waals surface area (Å²) in [4.78, 5) is 0.306. The molecular weight excluding hydrogens is 478 g/mol. The van der Waals surface area contributed by atoms with Crippen LogP contribution in [-0.2, 0) is 9.37 Å². The standard InChI is InChI=1S/C26H19N5O4S/c27-22-13-12-20-21(24(22)30-28-18-8-2-1-3-9-18)15-23(36-35-34-33)25(26(20)32)31-29-19-11-10-16-6-4-5-7-17(16)14-19/h1-15,32-33H,27H2. The van der Waals surface area contributed by atoms with Crippen molar-refractivity contribution in [1.82, 2.24) is 0 Å². The van der Waals surface area contributed by atoms with Gasteiger partial charge in [-0.15, -0.1) is 14.6 Å². The smallest absolute Gasteiger partial charge is 0.152 e. The quantitative estimate of drug-likeness (QED) is 0.0678. The second-order valence-electron chi connectivity index (χ2n) is 7.66. The number of benzene rings is 5. The third kappa shape index (κ3) is 4.88. The first-order valence-corrected chi connectivity index (χ1v) is 11.5. The third-order valence-corrected chi connectivity index (χ3v) is 6.03. The van der Waals surface area contributed by atoms with Gasteiger partial charge >= 0.3 is 0 Å². The third-order valence-electron chi connectivity index (χ3n) is 5.41. The summed E-state index contributed by atoms with van der Waals surface area (Å²) in [6, 6.07) is 27.7. The van der Waals surface area contributed by atoms with Crippen molar-refractivity contribution in [2.45, 2.75) is 4.90 Å². The van der Waals surface area contributed by atoms with Crippen molar-refractivity contribution in [3.8, 4) is 5.75 Å². The van der Waals surface area contributed by atoms with E-state index in [2.05, 4.69) is 29.8 Å². The van der Waals surface area contributed by atoms with Gasteiger partial charge in [-0.2, -0.15) is 10.2 Å². The fourth-order valence-electron chi connectivity index (χ4n) is 3.69. The number of nitrogen functional groups attached to an aromatic ring is 1. The van der Waals surface area contributed by atoms with Crippen molar-refractivity contribution in [3.05, 3.63) is 91.0 Å². The molecule has 5 rings (SSSR count). The van der Waals surface area contributed by atoms with Gasteiger partial charge < -0.3 is 10.8 Å². The number of phenolic OH excluding ortho intramolecular Hbond substituents is 1. The monoisotopic (exact) mass is 497 g/mol. The van der Waals surface area contributed by atoms with Crippen LogP contribution in [-0.4, -0.2) is 10.4 Å². The van der Waals surface area contributed by atoms with E-state index in [0.29, 0.717) is 50.5 Å². The molecule has 5 aromatic rings. The van der Waals surface area contributed by atoms with Gasteiger partial charge in [-0.25, -0.2) is 5.26 Å². The largest absolute Gasteiger partial charge is 0.505 e. The Kier molecular flexibility index (Phi) is 6.83. The van der Waals surface area contributed by atoms with Crippen molar-refractivity contribution in [2.75, 3.05) is 5.73 Å². The van der Waals surface area contributed by atoms with Gasteiger partial charge in [-0.05, 0) is 53.2 Å². The van der Waals surface area contributed by atoms with Gasteiger partial charge in [0.15, 0.2) is 5.75 Å². The molecule has 0 aliphatic rings. The summed E-state index contributed by atoms with van der Waals surface area (Å²) < 4.78 is 4.65. The number of azo groups is 2. The van der Waals surface area contributed by atoms with Crippen molar-refractivity contribution in [2.24, 2.45) is 20.5 Å². The summed E-state index contributed by atoms with van der Waals surface area (Å²) in [5, 5.41) is 43.8. The Morgan fingerprint density at radius 3 is 2.19 bits per heavy atom. The summed E-state index contributed by atoms with van der Waals surface area (Å²) >= 11 is 0.644. The average Bonchev–Trinajstić information content (AvgIpc) is 2.91. The zero-order chi connectivity index (χ0) is 24.9. The fourth-order valence-corrected chi connectivity index (χ4v) is 4.18. The Hall–Kier alpha value is -4.35. The molecule has 0 spiro atoms. The first kappa shape index (κ1) is 23.4. The van der Waals surface area contributed by atoms with E-state index in [-0.39, 0.29) is 11.4 Å². The molecule has 5 aromatic carbocycles. The minimum absolute atomic E-state index is 0.119. The minimum Gasteiger partial charge on any atom is -0.505 e. The van der Waals surface area contributed by atoms with Gasteiger partial charge in [0.25, 0.3) is 0 Å². The summed E-state index contributed by atoms with van der Waals surface area (Å²) in [7, 11) is 0. The number of phenols is 1. The van der Waals surface area contributed by atoms with Crippen molar-refractivity contribution < 1.29 is 19.7 Å².